The van der Waals surface area contributed by atoms with Crippen LogP contribution in [0, 0.1) is 6.92 Å². The highest BCUT2D eigenvalue weighted by molar-refractivity contribution is 5.84. The van der Waals surface area contributed by atoms with Gasteiger partial charge in [0, 0.05) is 5.39 Å². The minimum absolute atomic E-state index is 0.206. The molecule has 0 radical (unpaired) electrons. The van der Waals surface area contributed by atoms with Gasteiger partial charge >= 0.3 is 0 Å². The van der Waals surface area contributed by atoms with E-state index in [2.05, 4.69) is 31.3 Å². The molecule has 1 N–H and O–H groups in total. The van der Waals surface area contributed by atoms with E-state index in [0.717, 1.165) is 22.5 Å². The molecule has 0 fully saturated rings. The van der Waals surface area contributed by atoms with Gasteiger partial charge < -0.3 is 14.5 Å². The molecule has 0 aliphatic carbocycles. The average molecular weight is 219 g/mol. The molecule has 0 amide bonds. The number of benzene rings is 1. The van der Waals surface area contributed by atoms with E-state index in [1.165, 1.54) is 5.56 Å². The van der Waals surface area contributed by atoms with Crippen molar-refractivity contribution in [2.45, 2.75) is 19.9 Å². The van der Waals surface area contributed by atoms with Gasteiger partial charge in [0.25, 0.3) is 0 Å². The molecule has 1 aromatic carbocycles. The summed E-state index contributed by atoms with van der Waals surface area (Å²) in [6, 6.07) is 6.36. The molecule has 0 aliphatic heterocycles. The molecular formula is C13H17NO2. The number of aryl methyl sites for hydroxylation is 1. The lowest BCUT2D eigenvalue weighted by Gasteiger charge is -2.05. The van der Waals surface area contributed by atoms with Crippen LogP contribution in [0.4, 0.5) is 0 Å². The first-order valence-corrected chi connectivity index (χ1v) is 5.41. The van der Waals surface area contributed by atoms with Gasteiger partial charge in [0.2, 0.25) is 0 Å². The van der Waals surface area contributed by atoms with Gasteiger partial charge in [-0.1, -0.05) is 0 Å². The van der Waals surface area contributed by atoms with Gasteiger partial charge in [-0.2, -0.15) is 0 Å². The second-order valence-corrected chi connectivity index (χ2v) is 4.04. The van der Waals surface area contributed by atoms with Gasteiger partial charge in [-0.15, -0.1) is 0 Å². The van der Waals surface area contributed by atoms with Crippen LogP contribution in [0.2, 0.25) is 0 Å². The molecule has 1 atom stereocenters. The van der Waals surface area contributed by atoms with Crippen molar-refractivity contribution >= 4 is 11.0 Å². The number of hydrogen-bond donors (Lipinski definition) is 1. The van der Waals surface area contributed by atoms with E-state index in [1.807, 2.05) is 13.1 Å². The molecule has 0 aliphatic rings. The third-order valence-electron chi connectivity index (χ3n) is 2.83. The zero-order valence-electron chi connectivity index (χ0n) is 10.1. The van der Waals surface area contributed by atoms with E-state index in [9.17, 15) is 0 Å². The molecule has 0 spiro atoms. The fourth-order valence-corrected chi connectivity index (χ4v) is 1.79. The molecule has 1 unspecified atom stereocenters. The largest absolute Gasteiger partial charge is 0.493 e. The van der Waals surface area contributed by atoms with E-state index in [0.29, 0.717) is 0 Å². The number of ether oxygens (including phenoxy) is 1. The minimum Gasteiger partial charge on any atom is -0.493 e. The molecule has 0 saturated carbocycles. The SMILES string of the molecule is CNC(C)c1cc2cc(C)cc(OC)c2o1. The summed E-state index contributed by atoms with van der Waals surface area (Å²) in [7, 11) is 3.58. The maximum atomic E-state index is 5.81. The monoisotopic (exact) mass is 219 g/mol. The van der Waals surface area contributed by atoms with Gasteiger partial charge in [-0.25, -0.2) is 0 Å². The van der Waals surface area contributed by atoms with E-state index in [-0.39, 0.29) is 6.04 Å². The van der Waals surface area contributed by atoms with E-state index in [1.54, 1.807) is 7.11 Å². The van der Waals surface area contributed by atoms with Crippen molar-refractivity contribution in [3.8, 4) is 5.75 Å². The topological polar surface area (TPSA) is 34.4 Å². The number of hydrogen-bond acceptors (Lipinski definition) is 3. The van der Waals surface area contributed by atoms with Crippen molar-refractivity contribution in [1.82, 2.24) is 5.32 Å². The van der Waals surface area contributed by atoms with Gasteiger partial charge in [0.15, 0.2) is 11.3 Å². The summed E-state index contributed by atoms with van der Waals surface area (Å²) in [6.45, 7) is 4.12. The molecule has 16 heavy (non-hydrogen) atoms. The summed E-state index contributed by atoms with van der Waals surface area (Å²) in [6.07, 6.45) is 0. The van der Waals surface area contributed by atoms with Crippen LogP contribution in [0.1, 0.15) is 24.3 Å². The Labute approximate surface area is 95.4 Å². The number of rotatable bonds is 3. The second kappa shape index (κ2) is 4.18. The third kappa shape index (κ3) is 1.78. The van der Waals surface area contributed by atoms with Gasteiger partial charge in [0.1, 0.15) is 5.76 Å². The Morgan fingerprint density at radius 3 is 2.69 bits per heavy atom. The normalized spacial score (nSPS) is 13.0. The van der Waals surface area contributed by atoms with Gasteiger partial charge in [-0.3, -0.25) is 0 Å². The first kappa shape index (κ1) is 11.0. The Hall–Kier alpha value is -1.48. The second-order valence-electron chi connectivity index (χ2n) is 4.04. The fraction of sp³-hybridized carbons (Fsp3) is 0.385. The third-order valence-corrected chi connectivity index (χ3v) is 2.83. The smallest absolute Gasteiger partial charge is 0.176 e. The van der Waals surface area contributed by atoms with E-state index in [4.69, 9.17) is 9.15 Å². The van der Waals surface area contributed by atoms with E-state index < -0.39 is 0 Å². The van der Waals surface area contributed by atoms with Crippen molar-refractivity contribution in [3.05, 3.63) is 29.5 Å². The number of furan rings is 1. The Morgan fingerprint density at radius 2 is 2.06 bits per heavy atom. The highest BCUT2D eigenvalue weighted by Gasteiger charge is 2.13. The summed E-state index contributed by atoms with van der Waals surface area (Å²) >= 11 is 0. The highest BCUT2D eigenvalue weighted by Crippen LogP contribution is 2.32. The first-order chi connectivity index (χ1) is 7.65. The number of methoxy groups -OCH3 is 1. The zero-order chi connectivity index (χ0) is 11.7. The predicted molar refractivity (Wildman–Crippen MR) is 65.0 cm³/mol. The fourth-order valence-electron chi connectivity index (χ4n) is 1.79. The van der Waals surface area contributed by atoms with Crippen molar-refractivity contribution < 1.29 is 9.15 Å². The lowest BCUT2D eigenvalue weighted by Crippen LogP contribution is -2.10. The summed E-state index contributed by atoms with van der Waals surface area (Å²) in [4.78, 5) is 0. The van der Waals surface area contributed by atoms with Crippen LogP contribution in [0.3, 0.4) is 0 Å². The zero-order valence-corrected chi connectivity index (χ0v) is 10.1. The molecule has 3 heteroatoms. The van der Waals surface area contributed by atoms with Crippen LogP contribution in [-0.4, -0.2) is 14.2 Å². The summed E-state index contributed by atoms with van der Waals surface area (Å²) in [5.74, 6) is 1.73. The summed E-state index contributed by atoms with van der Waals surface area (Å²) in [5, 5.41) is 4.25. The lowest BCUT2D eigenvalue weighted by atomic mass is 10.1. The lowest BCUT2D eigenvalue weighted by molar-refractivity contribution is 0.402. The van der Waals surface area contributed by atoms with Crippen molar-refractivity contribution in [2.75, 3.05) is 14.2 Å². The minimum atomic E-state index is 0.206. The molecule has 2 aromatic rings. The molecule has 2 rings (SSSR count). The van der Waals surface area contributed by atoms with Crippen molar-refractivity contribution in [2.24, 2.45) is 0 Å². The maximum Gasteiger partial charge on any atom is 0.176 e. The highest BCUT2D eigenvalue weighted by atomic mass is 16.5. The van der Waals surface area contributed by atoms with Crippen LogP contribution in [-0.2, 0) is 0 Å². The van der Waals surface area contributed by atoms with Gasteiger partial charge in [-0.05, 0) is 44.7 Å². The molecule has 1 heterocycles. The Balaban J connectivity index is 2.60. The van der Waals surface area contributed by atoms with Crippen LogP contribution < -0.4 is 10.1 Å². The Bertz CT molecular complexity index is 502. The molecule has 0 bridgehead atoms. The maximum absolute atomic E-state index is 5.81. The molecule has 0 saturated heterocycles. The number of fused-ring (bicyclic) bond motifs is 1. The van der Waals surface area contributed by atoms with Gasteiger partial charge in [0.05, 0.1) is 13.2 Å². The Kier molecular flexibility index (Phi) is 2.88. The van der Waals surface area contributed by atoms with Crippen LogP contribution in [0.15, 0.2) is 22.6 Å². The summed E-state index contributed by atoms with van der Waals surface area (Å²) < 4.78 is 11.1. The standard InChI is InChI=1S/C13H17NO2/c1-8-5-10-7-11(9(2)14-3)16-13(10)12(6-8)15-4/h5-7,9,14H,1-4H3. The Morgan fingerprint density at radius 1 is 1.31 bits per heavy atom. The van der Waals surface area contributed by atoms with Crippen LogP contribution >= 0.6 is 0 Å². The van der Waals surface area contributed by atoms with Crippen LogP contribution in [0.25, 0.3) is 11.0 Å². The molecule has 3 nitrogen and oxygen atoms in total. The van der Waals surface area contributed by atoms with Crippen LogP contribution in [0.5, 0.6) is 5.75 Å². The summed E-state index contributed by atoms with van der Waals surface area (Å²) in [5.41, 5.74) is 2.00. The van der Waals surface area contributed by atoms with Crippen molar-refractivity contribution in [3.63, 3.8) is 0 Å². The first-order valence-electron chi connectivity index (χ1n) is 5.41. The molecule has 1 aromatic heterocycles. The number of nitrogens with one attached hydrogen (secondary N) is 1. The van der Waals surface area contributed by atoms with E-state index >= 15 is 0 Å². The quantitative estimate of drug-likeness (QED) is 0.861. The molecular weight excluding hydrogens is 202 g/mol. The molecule has 86 valence electrons. The predicted octanol–water partition coefficient (Wildman–Crippen LogP) is 3.03. The average Bonchev–Trinajstić information content (AvgIpc) is 2.70. The van der Waals surface area contributed by atoms with Crippen molar-refractivity contribution in [1.29, 1.82) is 0 Å².